The van der Waals surface area contributed by atoms with Gasteiger partial charge in [0, 0.05) is 18.8 Å². The minimum absolute atomic E-state index is 0.0279. The molecule has 0 aliphatic heterocycles. The van der Waals surface area contributed by atoms with Gasteiger partial charge in [0.25, 0.3) is 0 Å². The van der Waals surface area contributed by atoms with Gasteiger partial charge in [-0.1, -0.05) is 6.92 Å². The van der Waals surface area contributed by atoms with Crippen molar-refractivity contribution in [1.29, 1.82) is 0 Å². The Morgan fingerprint density at radius 3 is 2.70 bits per heavy atom. The summed E-state index contributed by atoms with van der Waals surface area (Å²) in [5.41, 5.74) is 0. The highest BCUT2D eigenvalue weighted by Crippen LogP contribution is 2.11. The summed E-state index contributed by atoms with van der Waals surface area (Å²) in [6, 6.07) is -0.424. The van der Waals surface area contributed by atoms with E-state index in [0.29, 0.717) is 0 Å². The molecule has 1 aromatic heterocycles. The number of carboxylic acids is 1. The Bertz CT molecular complexity index is 554. The van der Waals surface area contributed by atoms with Crippen LogP contribution in [-0.2, 0) is 21.4 Å². The first-order chi connectivity index (χ1) is 9.26. The molecule has 8 nitrogen and oxygen atoms in total. The highest BCUT2D eigenvalue weighted by atomic mass is 32.2. The summed E-state index contributed by atoms with van der Waals surface area (Å²) >= 11 is 0. The Labute approximate surface area is 117 Å². The van der Waals surface area contributed by atoms with E-state index in [2.05, 4.69) is 9.82 Å². The lowest BCUT2D eigenvalue weighted by Crippen LogP contribution is -2.38. The maximum Gasteiger partial charge on any atom is 0.305 e. The molecule has 0 bridgehead atoms. The van der Waals surface area contributed by atoms with Crippen molar-refractivity contribution in [2.24, 2.45) is 5.92 Å². The number of aliphatic carboxylic acids is 1. The number of nitrogens with one attached hydrogen (secondary N) is 1. The molecule has 0 saturated heterocycles. The van der Waals surface area contributed by atoms with Crippen molar-refractivity contribution >= 4 is 16.0 Å². The van der Waals surface area contributed by atoms with Crippen LogP contribution in [0.3, 0.4) is 0 Å². The third-order valence-electron chi connectivity index (χ3n) is 2.96. The molecule has 0 radical (unpaired) electrons. The van der Waals surface area contributed by atoms with Crippen LogP contribution in [-0.4, -0.2) is 47.0 Å². The molecule has 0 aliphatic carbocycles. The number of rotatable bonds is 8. The van der Waals surface area contributed by atoms with Crippen molar-refractivity contribution in [2.45, 2.75) is 37.8 Å². The molecule has 0 aromatic carbocycles. The number of carbonyl (C=O) groups is 1. The predicted molar refractivity (Wildman–Crippen MR) is 70.5 cm³/mol. The van der Waals surface area contributed by atoms with Crippen molar-refractivity contribution in [3.05, 3.63) is 12.4 Å². The maximum absolute atomic E-state index is 12.1. The van der Waals surface area contributed by atoms with Crippen LogP contribution in [0.4, 0.5) is 0 Å². The van der Waals surface area contributed by atoms with E-state index >= 15 is 0 Å². The van der Waals surface area contributed by atoms with Crippen LogP contribution in [0, 0.1) is 5.92 Å². The molecule has 20 heavy (non-hydrogen) atoms. The number of aromatic nitrogens is 2. The highest BCUT2D eigenvalue weighted by molar-refractivity contribution is 7.89. The van der Waals surface area contributed by atoms with Crippen LogP contribution < -0.4 is 4.72 Å². The van der Waals surface area contributed by atoms with Crippen LogP contribution in [0.2, 0.25) is 0 Å². The summed E-state index contributed by atoms with van der Waals surface area (Å²) < 4.78 is 27.8. The zero-order valence-electron chi connectivity index (χ0n) is 11.4. The van der Waals surface area contributed by atoms with E-state index in [0.717, 1.165) is 0 Å². The number of sulfonamides is 1. The number of nitrogens with zero attached hydrogens (tertiary/aromatic N) is 2. The maximum atomic E-state index is 12.1. The third-order valence-corrected chi connectivity index (χ3v) is 4.47. The number of aliphatic hydroxyl groups is 1. The average Bonchev–Trinajstić information content (AvgIpc) is 2.84. The Balaban J connectivity index is 2.75. The number of aliphatic hydroxyl groups excluding tert-OH is 1. The summed E-state index contributed by atoms with van der Waals surface area (Å²) in [4.78, 5) is 10.4. The van der Waals surface area contributed by atoms with E-state index in [1.165, 1.54) is 17.1 Å². The zero-order valence-corrected chi connectivity index (χ0v) is 12.2. The standard InChI is InChI=1S/C11H19N3O5S/c1-8(7-15)9(2)13-20(18,19)10-5-12-14(6-10)4-3-11(16)17/h5-6,8-9,13,15H,3-4,7H2,1-2H3,(H,16,17). The lowest BCUT2D eigenvalue weighted by molar-refractivity contribution is -0.137. The van der Waals surface area contributed by atoms with Crippen molar-refractivity contribution in [1.82, 2.24) is 14.5 Å². The van der Waals surface area contributed by atoms with Crippen LogP contribution in [0.15, 0.2) is 17.3 Å². The van der Waals surface area contributed by atoms with Crippen LogP contribution in [0.25, 0.3) is 0 Å². The van der Waals surface area contributed by atoms with E-state index in [1.807, 2.05) is 0 Å². The van der Waals surface area contributed by atoms with Gasteiger partial charge in [0.2, 0.25) is 10.0 Å². The van der Waals surface area contributed by atoms with E-state index in [4.69, 9.17) is 10.2 Å². The van der Waals surface area contributed by atoms with Gasteiger partial charge < -0.3 is 10.2 Å². The smallest absolute Gasteiger partial charge is 0.305 e. The first kappa shape index (κ1) is 16.6. The molecule has 1 aromatic rings. The van der Waals surface area contributed by atoms with Gasteiger partial charge in [-0.25, -0.2) is 13.1 Å². The number of hydrogen-bond acceptors (Lipinski definition) is 5. The van der Waals surface area contributed by atoms with Gasteiger partial charge in [-0.3, -0.25) is 9.48 Å². The lowest BCUT2D eigenvalue weighted by atomic mass is 10.1. The Kier molecular flexibility index (Phi) is 5.66. The molecule has 0 aliphatic rings. The van der Waals surface area contributed by atoms with Gasteiger partial charge >= 0.3 is 5.97 Å². The number of hydrogen-bond donors (Lipinski definition) is 3. The molecule has 1 heterocycles. The van der Waals surface area contributed by atoms with Gasteiger partial charge in [-0.15, -0.1) is 0 Å². The van der Waals surface area contributed by atoms with Crippen LogP contribution in [0.5, 0.6) is 0 Å². The Morgan fingerprint density at radius 2 is 2.15 bits per heavy atom. The summed E-state index contributed by atoms with van der Waals surface area (Å²) in [7, 11) is -3.72. The van der Waals surface area contributed by atoms with E-state index in [-0.39, 0.29) is 30.4 Å². The molecule has 3 N–H and O–H groups in total. The normalized spacial score (nSPS) is 14.9. The average molecular weight is 305 g/mol. The van der Waals surface area contributed by atoms with Gasteiger partial charge in [0.1, 0.15) is 4.90 Å². The van der Waals surface area contributed by atoms with E-state index in [9.17, 15) is 13.2 Å². The quantitative estimate of drug-likeness (QED) is 0.603. The fourth-order valence-electron chi connectivity index (χ4n) is 1.40. The highest BCUT2D eigenvalue weighted by Gasteiger charge is 2.22. The molecule has 0 spiro atoms. The van der Waals surface area contributed by atoms with E-state index < -0.39 is 22.0 Å². The lowest BCUT2D eigenvalue weighted by Gasteiger charge is -2.18. The van der Waals surface area contributed by atoms with Gasteiger partial charge in [-0.2, -0.15) is 5.10 Å². The van der Waals surface area contributed by atoms with Crippen molar-refractivity contribution in [3.8, 4) is 0 Å². The second-order valence-corrected chi connectivity index (χ2v) is 6.37. The monoisotopic (exact) mass is 305 g/mol. The topological polar surface area (TPSA) is 122 Å². The molecule has 0 saturated carbocycles. The summed E-state index contributed by atoms with van der Waals surface area (Å²) in [6.45, 7) is 3.37. The molecular weight excluding hydrogens is 286 g/mol. The SMILES string of the molecule is CC(CO)C(C)NS(=O)(=O)c1cnn(CCC(=O)O)c1. The second kappa shape index (κ2) is 6.82. The minimum atomic E-state index is -3.72. The predicted octanol–water partition coefficient (Wildman–Crippen LogP) is -0.347. The second-order valence-electron chi connectivity index (χ2n) is 4.65. The summed E-state index contributed by atoms with van der Waals surface area (Å²) in [5, 5.41) is 21.4. The van der Waals surface area contributed by atoms with Crippen LogP contribution in [0.1, 0.15) is 20.3 Å². The summed E-state index contributed by atoms with van der Waals surface area (Å²) in [5.74, 6) is -1.19. The van der Waals surface area contributed by atoms with Gasteiger partial charge in [0.05, 0.1) is 19.2 Å². The molecule has 114 valence electrons. The van der Waals surface area contributed by atoms with Crippen molar-refractivity contribution in [3.63, 3.8) is 0 Å². The molecule has 9 heteroatoms. The van der Waals surface area contributed by atoms with E-state index in [1.54, 1.807) is 13.8 Å². The summed E-state index contributed by atoms with van der Waals surface area (Å²) in [6.07, 6.45) is 2.31. The third kappa shape index (κ3) is 4.58. The number of aryl methyl sites for hydroxylation is 1. The fourth-order valence-corrected chi connectivity index (χ4v) is 2.71. The molecular formula is C11H19N3O5S. The molecule has 2 unspecified atom stereocenters. The molecule has 1 rings (SSSR count). The van der Waals surface area contributed by atoms with Crippen LogP contribution >= 0.6 is 0 Å². The van der Waals surface area contributed by atoms with Crippen molar-refractivity contribution < 1.29 is 23.4 Å². The minimum Gasteiger partial charge on any atom is -0.481 e. The molecule has 0 amide bonds. The molecule has 0 fully saturated rings. The first-order valence-electron chi connectivity index (χ1n) is 6.13. The number of carboxylic acid groups (broad SMARTS) is 1. The largest absolute Gasteiger partial charge is 0.481 e. The zero-order chi connectivity index (χ0) is 15.3. The Morgan fingerprint density at radius 1 is 1.50 bits per heavy atom. The first-order valence-corrected chi connectivity index (χ1v) is 7.62. The van der Waals surface area contributed by atoms with Crippen molar-refractivity contribution in [2.75, 3.05) is 6.61 Å². The van der Waals surface area contributed by atoms with Gasteiger partial charge in [-0.05, 0) is 12.8 Å². The Hall–Kier alpha value is -1.45. The van der Waals surface area contributed by atoms with Gasteiger partial charge in [0.15, 0.2) is 0 Å². The molecule has 2 atom stereocenters. The fraction of sp³-hybridized carbons (Fsp3) is 0.636.